The predicted octanol–water partition coefficient (Wildman–Crippen LogP) is 4.30. The van der Waals surface area contributed by atoms with Crippen LogP contribution in [0.5, 0.6) is 0 Å². The van der Waals surface area contributed by atoms with Gasteiger partial charge in [-0.05, 0) is 38.2 Å². The van der Waals surface area contributed by atoms with Crippen molar-refractivity contribution in [1.29, 1.82) is 0 Å². The summed E-state index contributed by atoms with van der Waals surface area (Å²) in [4.78, 5) is 10.3. The lowest BCUT2D eigenvalue weighted by Gasteiger charge is -2.02. The molecule has 1 atom stereocenters. The molecule has 0 heterocycles. The minimum atomic E-state index is -0.734. The van der Waals surface area contributed by atoms with E-state index in [4.69, 9.17) is 5.11 Å². The maximum absolute atomic E-state index is 10.3. The topological polar surface area (TPSA) is 57.5 Å². The van der Waals surface area contributed by atoms with Crippen LogP contribution < -0.4 is 0 Å². The van der Waals surface area contributed by atoms with Gasteiger partial charge in [0.25, 0.3) is 0 Å². The summed E-state index contributed by atoms with van der Waals surface area (Å²) in [5.41, 5.74) is 0. The Morgan fingerprint density at radius 2 is 1.81 bits per heavy atom. The van der Waals surface area contributed by atoms with Gasteiger partial charge < -0.3 is 10.2 Å². The van der Waals surface area contributed by atoms with Crippen LogP contribution in [0.2, 0.25) is 0 Å². The van der Waals surface area contributed by atoms with Crippen molar-refractivity contribution in [3.63, 3.8) is 0 Å². The van der Waals surface area contributed by atoms with Crippen LogP contribution in [0.25, 0.3) is 0 Å². The number of aliphatic carboxylic acids is 1. The third-order valence-electron chi connectivity index (χ3n) is 3.29. The number of aliphatic hydroxyl groups excluding tert-OH is 1. The van der Waals surface area contributed by atoms with Gasteiger partial charge in [0, 0.05) is 6.42 Å². The Bertz CT molecular complexity index is 336. The van der Waals surface area contributed by atoms with Gasteiger partial charge in [-0.25, -0.2) is 0 Å². The Morgan fingerprint density at radius 1 is 1.10 bits per heavy atom. The third kappa shape index (κ3) is 16.7. The van der Waals surface area contributed by atoms with E-state index in [-0.39, 0.29) is 6.42 Å². The molecule has 120 valence electrons. The zero-order chi connectivity index (χ0) is 15.8. The van der Waals surface area contributed by atoms with Gasteiger partial charge in [-0.2, -0.15) is 0 Å². The summed E-state index contributed by atoms with van der Waals surface area (Å²) >= 11 is 0. The monoisotopic (exact) mass is 294 g/mol. The third-order valence-corrected chi connectivity index (χ3v) is 3.29. The number of hydrogen-bond donors (Lipinski definition) is 2. The molecule has 0 aromatic carbocycles. The molecule has 0 spiro atoms. The van der Waals surface area contributed by atoms with Gasteiger partial charge >= 0.3 is 5.97 Å². The Balaban J connectivity index is 3.48. The second-order valence-electron chi connectivity index (χ2n) is 5.40. The van der Waals surface area contributed by atoms with Gasteiger partial charge in [-0.3, -0.25) is 4.79 Å². The van der Waals surface area contributed by atoms with E-state index in [1.165, 1.54) is 25.7 Å². The van der Waals surface area contributed by atoms with Crippen molar-refractivity contribution in [1.82, 2.24) is 0 Å². The molecule has 1 unspecified atom stereocenters. The summed E-state index contributed by atoms with van der Waals surface area (Å²) in [6.45, 7) is 2.20. The number of carboxylic acid groups (broad SMARTS) is 1. The number of unbranched alkanes of at least 4 members (excludes halogenated alkanes) is 7. The van der Waals surface area contributed by atoms with Crippen molar-refractivity contribution in [3.8, 4) is 11.8 Å². The van der Waals surface area contributed by atoms with Crippen LogP contribution in [-0.4, -0.2) is 22.3 Å². The van der Waals surface area contributed by atoms with Gasteiger partial charge in [-0.1, -0.05) is 56.9 Å². The summed E-state index contributed by atoms with van der Waals surface area (Å²) in [5.74, 6) is 4.97. The first-order valence-electron chi connectivity index (χ1n) is 8.22. The molecular formula is C18H30O3. The second-order valence-corrected chi connectivity index (χ2v) is 5.40. The largest absolute Gasteiger partial charge is 0.481 e. The lowest BCUT2D eigenvalue weighted by Crippen LogP contribution is -2.02. The smallest absolute Gasteiger partial charge is 0.303 e. The van der Waals surface area contributed by atoms with Crippen molar-refractivity contribution in [2.24, 2.45) is 0 Å². The van der Waals surface area contributed by atoms with E-state index in [1.54, 1.807) is 0 Å². The second kappa shape index (κ2) is 15.1. The molecule has 0 aromatic heterocycles. The van der Waals surface area contributed by atoms with Crippen LogP contribution in [0, 0.1) is 11.8 Å². The molecule has 3 heteroatoms. The highest BCUT2D eigenvalue weighted by Gasteiger charge is 2.00. The van der Waals surface area contributed by atoms with Gasteiger partial charge in [0.2, 0.25) is 0 Å². The minimum Gasteiger partial charge on any atom is -0.481 e. The number of rotatable bonds is 12. The fourth-order valence-corrected chi connectivity index (χ4v) is 2.02. The molecule has 0 bridgehead atoms. The first-order valence-corrected chi connectivity index (χ1v) is 8.22. The van der Waals surface area contributed by atoms with Gasteiger partial charge in [0.05, 0.1) is 0 Å². The fraction of sp³-hybridized carbons (Fsp3) is 0.722. The number of hydrogen-bond acceptors (Lipinski definition) is 2. The van der Waals surface area contributed by atoms with Gasteiger partial charge in [-0.15, -0.1) is 0 Å². The highest BCUT2D eigenvalue weighted by molar-refractivity contribution is 5.66. The Morgan fingerprint density at radius 3 is 2.52 bits per heavy atom. The SMILES string of the molecule is CCCCCC/C=C/C#CC(O)CCCCCCC(=O)O. The molecule has 21 heavy (non-hydrogen) atoms. The summed E-state index contributed by atoms with van der Waals surface area (Å²) < 4.78 is 0. The maximum atomic E-state index is 10.3. The Kier molecular flexibility index (Phi) is 14.2. The minimum absolute atomic E-state index is 0.241. The van der Waals surface area contributed by atoms with E-state index < -0.39 is 12.1 Å². The van der Waals surface area contributed by atoms with E-state index in [9.17, 15) is 9.90 Å². The van der Waals surface area contributed by atoms with E-state index >= 15 is 0 Å². The van der Waals surface area contributed by atoms with Crippen LogP contribution in [0.4, 0.5) is 0 Å². The van der Waals surface area contributed by atoms with Crippen molar-refractivity contribution >= 4 is 5.97 Å². The summed E-state index contributed by atoms with van der Waals surface area (Å²) in [5, 5.41) is 18.2. The lowest BCUT2D eigenvalue weighted by atomic mass is 10.1. The number of allylic oxidation sites excluding steroid dienone is 2. The van der Waals surface area contributed by atoms with Crippen molar-refractivity contribution in [2.75, 3.05) is 0 Å². The van der Waals surface area contributed by atoms with Crippen molar-refractivity contribution in [3.05, 3.63) is 12.2 Å². The van der Waals surface area contributed by atoms with Crippen LogP contribution in [-0.2, 0) is 4.79 Å². The molecule has 0 aliphatic rings. The molecule has 0 aliphatic carbocycles. The fourth-order valence-electron chi connectivity index (χ4n) is 2.02. The normalized spacial score (nSPS) is 12.1. The van der Waals surface area contributed by atoms with Gasteiger partial charge in [0.1, 0.15) is 6.10 Å². The van der Waals surface area contributed by atoms with E-state index in [0.717, 1.165) is 32.1 Å². The maximum Gasteiger partial charge on any atom is 0.303 e. The zero-order valence-corrected chi connectivity index (χ0v) is 13.3. The zero-order valence-electron chi connectivity index (χ0n) is 13.3. The molecule has 0 aliphatic heterocycles. The quantitative estimate of drug-likeness (QED) is 0.417. The van der Waals surface area contributed by atoms with E-state index in [2.05, 4.69) is 24.8 Å². The van der Waals surface area contributed by atoms with E-state index in [0.29, 0.717) is 6.42 Å². The average Bonchev–Trinajstić information content (AvgIpc) is 2.45. The number of aliphatic hydroxyl groups is 1. The van der Waals surface area contributed by atoms with Crippen LogP contribution >= 0.6 is 0 Å². The van der Waals surface area contributed by atoms with E-state index in [1.807, 2.05) is 6.08 Å². The van der Waals surface area contributed by atoms with Crippen LogP contribution in [0.15, 0.2) is 12.2 Å². The van der Waals surface area contributed by atoms with Crippen LogP contribution in [0.3, 0.4) is 0 Å². The molecule has 3 nitrogen and oxygen atoms in total. The number of carboxylic acids is 1. The molecule has 0 saturated heterocycles. The first-order chi connectivity index (χ1) is 10.2. The lowest BCUT2D eigenvalue weighted by molar-refractivity contribution is -0.137. The average molecular weight is 294 g/mol. The highest BCUT2D eigenvalue weighted by Crippen LogP contribution is 2.07. The Labute approximate surface area is 129 Å². The van der Waals surface area contributed by atoms with Crippen molar-refractivity contribution in [2.45, 2.75) is 83.7 Å². The molecule has 0 radical (unpaired) electrons. The molecule has 0 aromatic rings. The Hall–Kier alpha value is -1.27. The van der Waals surface area contributed by atoms with Crippen molar-refractivity contribution < 1.29 is 15.0 Å². The molecule has 2 N–H and O–H groups in total. The van der Waals surface area contributed by atoms with Crippen LogP contribution in [0.1, 0.15) is 77.6 Å². The molecule has 0 amide bonds. The standard InChI is InChI=1S/C18H30O3/c1-2-3-4-5-6-7-8-11-14-17(19)15-12-9-10-13-16-18(20)21/h7-8,17,19H,2-6,9-10,12-13,15-16H2,1H3,(H,20,21)/b8-7+. The molecular weight excluding hydrogens is 264 g/mol. The summed E-state index contributed by atoms with van der Waals surface area (Å²) in [6.07, 6.45) is 13.8. The highest BCUT2D eigenvalue weighted by atomic mass is 16.4. The molecule has 0 rings (SSSR count). The molecule has 0 saturated carbocycles. The predicted molar refractivity (Wildman–Crippen MR) is 87.0 cm³/mol. The van der Waals surface area contributed by atoms with Gasteiger partial charge in [0.15, 0.2) is 0 Å². The number of carbonyl (C=O) groups is 1. The molecule has 0 fully saturated rings. The summed E-state index contributed by atoms with van der Waals surface area (Å²) in [6, 6.07) is 0. The summed E-state index contributed by atoms with van der Waals surface area (Å²) in [7, 11) is 0. The first kappa shape index (κ1) is 19.7.